The van der Waals surface area contributed by atoms with Gasteiger partial charge in [-0.3, -0.25) is 4.79 Å². The molecule has 1 unspecified atom stereocenters. The fourth-order valence-electron chi connectivity index (χ4n) is 2.06. The molecule has 6 heteroatoms. The van der Waals surface area contributed by atoms with Crippen molar-refractivity contribution in [3.05, 3.63) is 51.8 Å². The molecule has 98 valence electrons. The molecule has 0 bridgehead atoms. The van der Waals surface area contributed by atoms with Crippen LogP contribution in [0.4, 0.5) is 0 Å². The Kier molecular flexibility index (Phi) is 3.18. The Labute approximate surface area is 113 Å². The molecule has 3 aromatic heterocycles. The summed E-state index contributed by atoms with van der Waals surface area (Å²) in [5.74, 6) is 1.64. The first kappa shape index (κ1) is 12.1. The molecule has 3 heterocycles. The fraction of sp³-hybridized carbons (Fsp3) is 0.231. The third-order valence-electron chi connectivity index (χ3n) is 2.89. The van der Waals surface area contributed by atoms with Crippen molar-refractivity contribution in [1.29, 1.82) is 0 Å². The van der Waals surface area contributed by atoms with E-state index in [0.717, 1.165) is 17.8 Å². The number of nitrogens with one attached hydrogen (secondary N) is 2. The third kappa shape index (κ3) is 2.59. The van der Waals surface area contributed by atoms with Crippen molar-refractivity contribution in [2.45, 2.75) is 13.1 Å². The van der Waals surface area contributed by atoms with Gasteiger partial charge in [0.25, 0.3) is 5.56 Å². The predicted molar refractivity (Wildman–Crippen MR) is 73.2 cm³/mol. The Balaban J connectivity index is 1.79. The van der Waals surface area contributed by atoms with Crippen LogP contribution in [0, 0.1) is 0 Å². The van der Waals surface area contributed by atoms with E-state index in [1.807, 2.05) is 30.6 Å². The number of thiophene rings is 1. The minimum absolute atomic E-state index is 0.0548. The Hall–Kier alpha value is -1.92. The van der Waals surface area contributed by atoms with Gasteiger partial charge in [0.15, 0.2) is 11.6 Å². The van der Waals surface area contributed by atoms with Crippen LogP contribution in [0.5, 0.6) is 0 Å². The highest BCUT2D eigenvalue weighted by molar-refractivity contribution is 7.17. The molecule has 0 aromatic carbocycles. The summed E-state index contributed by atoms with van der Waals surface area (Å²) in [5, 5.41) is 1.89. The molecule has 3 aromatic rings. The number of fused-ring (bicyclic) bond motifs is 1. The normalized spacial score (nSPS) is 12.9. The topological polar surface area (TPSA) is 63.3 Å². The van der Waals surface area contributed by atoms with Crippen molar-refractivity contribution in [3.63, 3.8) is 0 Å². The molecule has 0 spiro atoms. The second-order valence-corrected chi connectivity index (χ2v) is 5.45. The maximum atomic E-state index is 11.8. The first-order chi connectivity index (χ1) is 9.22. The molecule has 3 rings (SSSR count). The van der Waals surface area contributed by atoms with E-state index in [1.54, 1.807) is 6.26 Å². The number of aromatic nitrogens is 2. The maximum absolute atomic E-state index is 11.8. The summed E-state index contributed by atoms with van der Waals surface area (Å²) in [7, 11) is 2.04. The highest BCUT2D eigenvalue weighted by Crippen LogP contribution is 2.13. The van der Waals surface area contributed by atoms with Crippen molar-refractivity contribution >= 4 is 21.6 Å². The number of aromatic amines is 1. The molecular formula is C13H14N3O2S+. The van der Waals surface area contributed by atoms with Crippen molar-refractivity contribution in [2.24, 2.45) is 0 Å². The average molecular weight is 276 g/mol. The SMILES string of the molecule is C[NH+](Cc1nc2ccsc2c(=O)[nH]1)Cc1ccco1. The lowest BCUT2D eigenvalue weighted by Crippen LogP contribution is -3.06. The van der Waals surface area contributed by atoms with E-state index in [-0.39, 0.29) is 5.56 Å². The summed E-state index contributed by atoms with van der Waals surface area (Å²) in [5.41, 5.74) is 0.718. The molecule has 0 radical (unpaired) electrons. The number of quaternary nitrogens is 1. The molecule has 0 aliphatic carbocycles. The minimum Gasteiger partial charge on any atom is -0.463 e. The van der Waals surface area contributed by atoms with Gasteiger partial charge < -0.3 is 14.3 Å². The number of furan rings is 1. The number of nitrogens with zero attached hydrogens (tertiary/aromatic N) is 1. The second-order valence-electron chi connectivity index (χ2n) is 4.54. The zero-order valence-electron chi connectivity index (χ0n) is 10.5. The van der Waals surface area contributed by atoms with E-state index in [2.05, 4.69) is 9.97 Å². The van der Waals surface area contributed by atoms with E-state index in [1.165, 1.54) is 16.2 Å². The molecule has 2 N–H and O–H groups in total. The van der Waals surface area contributed by atoms with Crippen molar-refractivity contribution in [2.75, 3.05) is 7.05 Å². The van der Waals surface area contributed by atoms with E-state index < -0.39 is 0 Å². The lowest BCUT2D eigenvalue weighted by Gasteiger charge is -2.11. The van der Waals surface area contributed by atoms with Gasteiger partial charge in [-0.25, -0.2) is 4.98 Å². The van der Waals surface area contributed by atoms with Crippen LogP contribution in [0.15, 0.2) is 39.1 Å². The highest BCUT2D eigenvalue weighted by Gasteiger charge is 2.11. The van der Waals surface area contributed by atoms with Gasteiger partial charge in [-0.15, -0.1) is 11.3 Å². The molecule has 0 saturated heterocycles. The molecular weight excluding hydrogens is 262 g/mol. The maximum Gasteiger partial charge on any atom is 0.269 e. The molecule has 19 heavy (non-hydrogen) atoms. The van der Waals surface area contributed by atoms with Crippen LogP contribution in [0.1, 0.15) is 11.6 Å². The molecule has 0 aliphatic heterocycles. The monoisotopic (exact) mass is 276 g/mol. The Morgan fingerprint density at radius 3 is 3.11 bits per heavy atom. The molecule has 0 saturated carbocycles. The second kappa shape index (κ2) is 4.99. The number of rotatable bonds is 4. The summed E-state index contributed by atoms with van der Waals surface area (Å²) in [4.78, 5) is 20.4. The smallest absolute Gasteiger partial charge is 0.269 e. The van der Waals surface area contributed by atoms with E-state index in [0.29, 0.717) is 17.1 Å². The molecule has 0 amide bonds. The van der Waals surface area contributed by atoms with Gasteiger partial charge in [0, 0.05) is 0 Å². The summed E-state index contributed by atoms with van der Waals surface area (Å²) < 4.78 is 6.00. The van der Waals surface area contributed by atoms with Gasteiger partial charge in [0.2, 0.25) is 0 Å². The quantitative estimate of drug-likeness (QED) is 0.740. The summed E-state index contributed by atoms with van der Waals surface area (Å²) in [6.45, 7) is 1.42. The molecule has 1 atom stereocenters. The lowest BCUT2D eigenvalue weighted by molar-refractivity contribution is -0.909. The Bertz CT molecular complexity index is 730. The van der Waals surface area contributed by atoms with Gasteiger partial charge in [-0.2, -0.15) is 0 Å². The van der Waals surface area contributed by atoms with E-state index in [4.69, 9.17) is 4.42 Å². The zero-order valence-corrected chi connectivity index (χ0v) is 11.3. The molecule has 0 aliphatic rings. The highest BCUT2D eigenvalue weighted by atomic mass is 32.1. The lowest BCUT2D eigenvalue weighted by atomic mass is 10.4. The first-order valence-corrected chi connectivity index (χ1v) is 6.90. The van der Waals surface area contributed by atoms with Crippen molar-refractivity contribution in [1.82, 2.24) is 9.97 Å². The first-order valence-electron chi connectivity index (χ1n) is 6.02. The van der Waals surface area contributed by atoms with E-state index >= 15 is 0 Å². The Morgan fingerprint density at radius 1 is 1.42 bits per heavy atom. The van der Waals surface area contributed by atoms with Gasteiger partial charge in [0.1, 0.15) is 17.8 Å². The van der Waals surface area contributed by atoms with Crippen LogP contribution < -0.4 is 10.5 Å². The van der Waals surface area contributed by atoms with Crippen LogP contribution in [0.2, 0.25) is 0 Å². The summed E-state index contributed by atoms with van der Waals surface area (Å²) in [6.07, 6.45) is 1.67. The van der Waals surface area contributed by atoms with Crippen LogP contribution in [0.25, 0.3) is 10.2 Å². The third-order valence-corrected chi connectivity index (χ3v) is 3.79. The van der Waals surface area contributed by atoms with Gasteiger partial charge in [-0.1, -0.05) is 0 Å². The Morgan fingerprint density at radius 2 is 2.32 bits per heavy atom. The van der Waals surface area contributed by atoms with Crippen LogP contribution in [-0.4, -0.2) is 17.0 Å². The van der Waals surface area contributed by atoms with Crippen molar-refractivity contribution in [3.8, 4) is 0 Å². The summed E-state index contributed by atoms with van der Waals surface area (Å²) in [6, 6.07) is 5.70. The number of hydrogen-bond acceptors (Lipinski definition) is 4. The number of hydrogen-bond donors (Lipinski definition) is 2. The summed E-state index contributed by atoms with van der Waals surface area (Å²) >= 11 is 1.42. The average Bonchev–Trinajstić information content (AvgIpc) is 2.99. The predicted octanol–water partition coefficient (Wildman–Crippen LogP) is 0.792. The molecule has 0 fully saturated rings. The van der Waals surface area contributed by atoms with E-state index in [9.17, 15) is 4.79 Å². The van der Waals surface area contributed by atoms with Crippen molar-refractivity contribution < 1.29 is 9.32 Å². The van der Waals surface area contributed by atoms with Crippen LogP contribution in [0.3, 0.4) is 0 Å². The fourth-order valence-corrected chi connectivity index (χ4v) is 2.79. The number of H-pyrrole nitrogens is 1. The zero-order chi connectivity index (χ0) is 13.2. The standard InChI is InChI=1S/C13H13N3O2S/c1-16(7-9-3-2-5-18-9)8-11-14-10-4-6-19-12(10)13(17)15-11/h2-6H,7-8H2,1H3,(H,14,15,17)/p+1. The molecule has 5 nitrogen and oxygen atoms in total. The van der Waals surface area contributed by atoms with Gasteiger partial charge >= 0.3 is 0 Å². The largest absolute Gasteiger partial charge is 0.463 e. The van der Waals surface area contributed by atoms with Gasteiger partial charge in [0.05, 0.1) is 18.8 Å². The minimum atomic E-state index is -0.0548. The van der Waals surface area contributed by atoms with Gasteiger partial charge in [-0.05, 0) is 23.6 Å². The van der Waals surface area contributed by atoms with Crippen LogP contribution >= 0.6 is 11.3 Å². The van der Waals surface area contributed by atoms with Crippen LogP contribution in [-0.2, 0) is 13.1 Å².